The van der Waals surface area contributed by atoms with Crippen molar-refractivity contribution in [1.82, 2.24) is 0 Å². The van der Waals surface area contributed by atoms with E-state index in [1.165, 1.54) is 0 Å². The van der Waals surface area contributed by atoms with Gasteiger partial charge in [0, 0.05) is 55.4 Å². The van der Waals surface area contributed by atoms with Crippen LogP contribution in [0.5, 0.6) is 0 Å². The summed E-state index contributed by atoms with van der Waals surface area (Å²) in [7, 11) is 0. The molecule has 3 aliphatic carbocycles. The first-order chi connectivity index (χ1) is 18.5. The lowest BCUT2D eigenvalue weighted by atomic mass is 10.0. The molecule has 39 heavy (non-hydrogen) atoms. The SMILES string of the molecule is C.II.N#Cc1cccc2c1CCC2N.N#Cc1cccc2c1CC[C@@H]2N.N#Cc1cccc2c1CC[C@@H]2N. The lowest BCUT2D eigenvalue weighted by molar-refractivity contribution is 0.713. The molecule has 0 radical (unpaired) electrons. The van der Waals surface area contributed by atoms with Crippen LogP contribution in [0.15, 0.2) is 54.6 Å². The minimum atomic E-state index is 0. The summed E-state index contributed by atoms with van der Waals surface area (Å²) >= 11 is 4.24. The van der Waals surface area contributed by atoms with Crippen LogP contribution in [0.1, 0.15) is 94.9 Å². The molecule has 3 aliphatic rings. The van der Waals surface area contributed by atoms with Gasteiger partial charge in [0.05, 0.1) is 34.9 Å². The first-order valence-corrected chi connectivity index (χ1v) is 18.7. The van der Waals surface area contributed by atoms with Gasteiger partial charge < -0.3 is 17.2 Å². The quantitative estimate of drug-likeness (QED) is 0.213. The molecule has 8 heteroatoms. The standard InChI is InChI=1S/3C10H10N2.CH4.I2/c3*11-6-7-2-1-3-9-8(7)4-5-10(9)12;;1-2/h3*1-3,10H,4-5,12H2;1H4;/t2*10-;;;/m00.../s1. The smallest absolute Gasteiger partial charge is 0.0994 e. The first kappa shape index (κ1) is 32.7. The van der Waals surface area contributed by atoms with Crippen molar-refractivity contribution in [2.24, 2.45) is 17.2 Å². The van der Waals surface area contributed by atoms with E-state index in [2.05, 4.69) is 55.4 Å². The Morgan fingerprint density at radius 2 is 0.795 bits per heavy atom. The summed E-state index contributed by atoms with van der Waals surface area (Å²) in [5, 5.41) is 26.4. The lowest BCUT2D eigenvalue weighted by Gasteiger charge is -2.03. The Bertz CT molecular complexity index is 1230. The Morgan fingerprint density at radius 3 is 1.03 bits per heavy atom. The predicted molar refractivity (Wildman–Crippen MR) is 174 cm³/mol. The van der Waals surface area contributed by atoms with Gasteiger partial charge in [-0.05, 0) is 90.1 Å². The molecule has 0 fully saturated rings. The monoisotopic (exact) mass is 744 g/mol. The molecule has 0 saturated heterocycles. The summed E-state index contributed by atoms with van der Waals surface area (Å²) in [6.07, 6.45) is 5.82. The maximum atomic E-state index is 8.80. The molecule has 0 amide bonds. The van der Waals surface area contributed by atoms with Crippen LogP contribution in [0.3, 0.4) is 0 Å². The summed E-state index contributed by atoms with van der Waals surface area (Å²) in [6, 6.07) is 24.4. The Hall–Kier alpha value is -2.53. The Labute approximate surface area is 255 Å². The number of nitrogens with two attached hydrogens (primary N) is 3. The fourth-order valence-electron chi connectivity index (χ4n) is 5.37. The average Bonchev–Trinajstić information content (AvgIpc) is 3.67. The van der Waals surface area contributed by atoms with Gasteiger partial charge in [-0.25, -0.2) is 0 Å². The third-order valence-corrected chi connectivity index (χ3v) is 7.31. The van der Waals surface area contributed by atoms with Crippen molar-refractivity contribution in [2.75, 3.05) is 0 Å². The van der Waals surface area contributed by atoms with E-state index in [1.54, 1.807) is 0 Å². The van der Waals surface area contributed by atoms with E-state index in [0.29, 0.717) is 0 Å². The second-order valence-electron chi connectivity index (χ2n) is 9.39. The van der Waals surface area contributed by atoms with Crippen molar-refractivity contribution >= 4 is 37.2 Å². The van der Waals surface area contributed by atoms with Crippen molar-refractivity contribution in [3.8, 4) is 18.2 Å². The number of hydrogen-bond acceptors (Lipinski definition) is 6. The maximum absolute atomic E-state index is 8.80. The van der Waals surface area contributed by atoms with E-state index in [-0.39, 0.29) is 25.6 Å². The number of rotatable bonds is 0. The largest absolute Gasteiger partial charge is 0.324 e. The lowest BCUT2D eigenvalue weighted by Crippen LogP contribution is -2.04. The number of halogens is 2. The molecule has 6 rings (SSSR count). The van der Waals surface area contributed by atoms with E-state index in [1.807, 2.05) is 54.6 Å². The molecule has 3 atom stereocenters. The Morgan fingerprint density at radius 1 is 0.538 bits per heavy atom. The van der Waals surface area contributed by atoms with Crippen molar-refractivity contribution in [3.63, 3.8) is 0 Å². The molecular formula is C31H34I2N6. The fraction of sp³-hybridized carbons (Fsp3) is 0.323. The molecule has 202 valence electrons. The van der Waals surface area contributed by atoms with Gasteiger partial charge in [0.25, 0.3) is 0 Å². The second kappa shape index (κ2) is 15.9. The number of fused-ring (bicyclic) bond motifs is 3. The topological polar surface area (TPSA) is 149 Å². The van der Waals surface area contributed by atoms with Gasteiger partial charge in [-0.15, -0.1) is 0 Å². The zero-order valence-electron chi connectivity index (χ0n) is 21.0. The number of benzene rings is 3. The molecule has 6 nitrogen and oxygen atoms in total. The van der Waals surface area contributed by atoms with Gasteiger partial charge in [0.15, 0.2) is 0 Å². The van der Waals surface area contributed by atoms with Crippen LogP contribution in [-0.4, -0.2) is 0 Å². The number of nitrogens with zero attached hydrogens (tertiary/aromatic N) is 3. The fourth-order valence-corrected chi connectivity index (χ4v) is 5.37. The van der Waals surface area contributed by atoms with E-state index in [9.17, 15) is 0 Å². The van der Waals surface area contributed by atoms with Gasteiger partial charge in [-0.1, -0.05) is 43.8 Å². The summed E-state index contributed by atoms with van der Waals surface area (Å²) in [5.74, 6) is 0. The van der Waals surface area contributed by atoms with Gasteiger partial charge >= 0.3 is 0 Å². The molecule has 0 bridgehead atoms. The highest BCUT2D eigenvalue weighted by Crippen LogP contribution is 2.32. The molecule has 0 spiro atoms. The Kier molecular flexibility index (Phi) is 13.3. The number of hydrogen-bond donors (Lipinski definition) is 3. The minimum Gasteiger partial charge on any atom is -0.324 e. The van der Waals surface area contributed by atoms with Crippen LogP contribution < -0.4 is 17.2 Å². The third-order valence-electron chi connectivity index (χ3n) is 7.31. The zero-order chi connectivity index (χ0) is 27.7. The summed E-state index contributed by atoms with van der Waals surface area (Å²) < 4.78 is 0. The number of nitriles is 3. The van der Waals surface area contributed by atoms with Crippen molar-refractivity contribution in [3.05, 3.63) is 105 Å². The van der Waals surface area contributed by atoms with E-state index >= 15 is 0 Å². The molecule has 1 unspecified atom stereocenters. The van der Waals surface area contributed by atoms with Crippen LogP contribution in [0.4, 0.5) is 0 Å². The molecular weight excluding hydrogens is 710 g/mol. The minimum absolute atomic E-state index is 0. The van der Waals surface area contributed by atoms with Crippen LogP contribution >= 0.6 is 37.2 Å². The van der Waals surface area contributed by atoms with E-state index in [0.717, 1.165) is 88.6 Å². The highest BCUT2D eigenvalue weighted by Gasteiger charge is 2.22. The van der Waals surface area contributed by atoms with Crippen LogP contribution in [-0.2, 0) is 19.3 Å². The van der Waals surface area contributed by atoms with E-state index in [4.69, 9.17) is 33.0 Å². The van der Waals surface area contributed by atoms with Gasteiger partial charge in [0.1, 0.15) is 0 Å². The summed E-state index contributed by atoms with van der Waals surface area (Å²) in [4.78, 5) is 0. The molecule has 3 aromatic carbocycles. The van der Waals surface area contributed by atoms with E-state index < -0.39 is 0 Å². The molecule has 0 aliphatic heterocycles. The van der Waals surface area contributed by atoms with Gasteiger partial charge in [0.2, 0.25) is 0 Å². The Balaban J connectivity index is 0.000000196. The molecule has 3 aromatic rings. The average molecular weight is 744 g/mol. The highest BCUT2D eigenvalue weighted by molar-refractivity contribution is 15.0. The normalized spacial score (nSPS) is 18.8. The van der Waals surface area contributed by atoms with Crippen molar-refractivity contribution in [2.45, 2.75) is 64.1 Å². The highest BCUT2D eigenvalue weighted by atomic mass is 128. The summed E-state index contributed by atoms with van der Waals surface area (Å²) in [6.45, 7) is 0. The van der Waals surface area contributed by atoms with Crippen LogP contribution in [0.2, 0.25) is 0 Å². The first-order valence-electron chi connectivity index (χ1n) is 12.4. The second-order valence-corrected chi connectivity index (χ2v) is 9.39. The molecule has 0 saturated carbocycles. The van der Waals surface area contributed by atoms with Gasteiger partial charge in [-0.2, -0.15) is 15.8 Å². The van der Waals surface area contributed by atoms with Gasteiger partial charge in [-0.3, -0.25) is 0 Å². The molecule has 0 heterocycles. The predicted octanol–water partition coefficient (Wildman–Crippen LogP) is 6.92. The third kappa shape index (κ3) is 7.57. The summed E-state index contributed by atoms with van der Waals surface area (Å²) in [5.41, 5.74) is 26.9. The maximum Gasteiger partial charge on any atom is 0.0994 e. The van der Waals surface area contributed by atoms with Crippen molar-refractivity contribution in [1.29, 1.82) is 15.8 Å². The van der Waals surface area contributed by atoms with Crippen LogP contribution in [0, 0.1) is 34.0 Å². The zero-order valence-corrected chi connectivity index (χ0v) is 25.3. The molecule has 6 N–H and O–H groups in total. The molecule has 0 aromatic heterocycles. The van der Waals surface area contributed by atoms with Crippen molar-refractivity contribution < 1.29 is 0 Å². The van der Waals surface area contributed by atoms with Crippen LogP contribution in [0.25, 0.3) is 0 Å².